The number of amides is 1. The molecule has 0 unspecified atom stereocenters. The van der Waals surface area contributed by atoms with Gasteiger partial charge in [0.15, 0.2) is 0 Å². The number of fused-ring (bicyclic) bond motifs is 1. The van der Waals surface area contributed by atoms with Crippen molar-refractivity contribution in [3.8, 4) is 0 Å². The highest BCUT2D eigenvalue weighted by Gasteiger charge is 2.32. The zero-order valence-electron chi connectivity index (χ0n) is 23.6. The number of hydrogen-bond donors (Lipinski definition) is 0. The van der Waals surface area contributed by atoms with Gasteiger partial charge in [-0.05, 0) is 63.3 Å². The van der Waals surface area contributed by atoms with Gasteiger partial charge in [0.05, 0.1) is 17.0 Å². The molecule has 0 aliphatic carbocycles. The zero-order valence-corrected chi connectivity index (χ0v) is 25.1. The largest absolute Gasteiger partial charge is 0.444 e. The number of carbonyl (C=O) groups is 1. The van der Waals surface area contributed by atoms with Crippen LogP contribution in [0.5, 0.6) is 0 Å². The van der Waals surface area contributed by atoms with Crippen molar-refractivity contribution in [1.29, 1.82) is 0 Å². The molecule has 11 heteroatoms. The molecular formula is C28H36Cl2N6O3. The van der Waals surface area contributed by atoms with Crippen LogP contribution in [0.3, 0.4) is 0 Å². The van der Waals surface area contributed by atoms with Gasteiger partial charge < -0.3 is 14.5 Å². The number of nitrogens with zero attached hydrogens (tertiary/aromatic N) is 6. The van der Waals surface area contributed by atoms with Crippen LogP contribution in [-0.2, 0) is 17.7 Å². The van der Waals surface area contributed by atoms with E-state index in [9.17, 15) is 9.59 Å². The van der Waals surface area contributed by atoms with E-state index in [0.29, 0.717) is 36.5 Å². The number of rotatable bonds is 5. The lowest BCUT2D eigenvalue weighted by molar-refractivity contribution is 0.0218. The van der Waals surface area contributed by atoms with Crippen LogP contribution in [0, 0.1) is 0 Å². The van der Waals surface area contributed by atoms with Gasteiger partial charge in [-0.1, -0.05) is 44.0 Å². The Morgan fingerprint density at radius 2 is 1.92 bits per heavy atom. The van der Waals surface area contributed by atoms with E-state index in [0.717, 1.165) is 23.2 Å². The number of anilines is 1. The van der Waals surface area contributed by atoms with Crippen molar-refractivity contribution in [2.24, 2.45) is 0 Å². The van der Waals surface area contributed by atoms with Crippen molar-refractivity contribution < 1.29 is 9.53 Å². The second-order valence-corrected chi connectivity index (χ2v) is 12.0. The molecule has 1 fully saturated rings. The fourth-order valence-electron chi connectivity index (χ4n) is 4.98. The number of pyridine rings is 2. The Kier molecular flexibility index (Phi) is 8.42. The number of aryl methyl sites for hydroxylation is 1. The third kappa shape index (κ3) is 6.14. The van der Waals surface area contributed by atoms with Crippen molar-refractivity contribution in [2.75, 3.05) is 24.5 Å². The number of aromatic nitrogens is 4. The summed E-state index contributed by atoms with van der Waals surface area (Å²) in [7, 11) is 0. The van der Waals surface area contributed by atoms with Gasteiger partial charge in [-0.2, -0.15) is 4.98 Å². The highest BCUT2D eigenvalue weighted by atomic mass is 35.5. The molecule has 0 N–H and O–H groups in total. The second-order valence-electron chi connectivity index (χ2n) is 11.2. The molecule has 1 atom stereocenters. The molecule has 210 valence electrons. The highest BCUT2D eigenvalue weighted by molar-refractivity contribution is 6.41. The Morgan fingerprint density at radius 3 is 2.54 bits per heavy atom. The summed E-state index contributed by atoms with van der Waals surface area (Å²) in [5, 5.41) is 1.01. The Bertz CT molecular complexity index is 1450. The number of piperazine rings is 1. The van der Waals surface area contributed by atoms with Crippen molar-refractivity contribution in [3.05, 3.63) is 55.8 Å². The maximum atomic E-state index is 13.6. The minimum atomic E-state index is -0.581. The molecule has 3 aromatic heterocycles. The highest BCUT2D eigenvalue weighted by Crippen LogP contribution is 2.32. The van der Waals surface area contributed by atoms with Crippen LogP contribution in [-0.4, -0.2) is 61.8 Å². The minimum absolute atomic E-state index is 0.114. The second kappa shape index (κ2) is 11.3. The van der Waals surface area contributed by atoms with Crippen LogP contribution in [0.1, 0.15) is 71.2 Å². The van der Waals surface area contributed by atoms with E-state index in [1.54, 1.807) is 15.5 Å². The quantitative estimate of drug-likeness (QED) is 0.362. The average molecular weight is 576 g/mol. The first-order valence-corrected chi connectivity index (χ1v) is 14.0. The smallest absolute Gasteiger partial charge is 0.410 e. The van der Waals surface area contributed by atoms with Crippen LogP contribution >= 0.6 is 23.2 Å². The maximum Gasteiger partial charge on any atom is 0.410 e. The molecule has 1 aliphatic rings. The predicted octanol–water partition coefficient (Wildman–Crippen LogP) is 5.67. The van der Waals surface area contributed by atoms with Gasteiger partial charge in [-0.15, -0.1) is 0 Å². The monoisotopic (exact) mass is 574 g/mol. The molecule has 9 nitrogen and oxygen atoms in total. The fraction of sp³-hybridized carbons (Fsp3) is 0.536. The molecule has 39 heavy (non-hydrogen) atoms. The molecule has 0 radical (unpaired) electrons. The van der Waals surface area contributed by atoms with Crippen LogP contribution < -0.4 is 10.6 Å². The van der Waals surface area contributed by atoms with Gasteiger partial charge in [0, 0.05) is 37.6 Å². The lowest BCUT2D eigenvalue weighted by Crippen LogP contribution is -2.55. The Morgan fingerprint density at radius 1 is 1.21 bits per heavy atom. The molecule has 1 saturated heterocycles. The Labute approximate surface area is 239 Å². The van der Waals surface area contributed by atoms with E-state index >= 15 is 0 Å². The normalized spacial score (nSPS) is 16.3. The Balaban J connectivity index is 1.78. The summed E-state index contributed by atoms with van der Waals surface area (Å²) in [6.07, 6.45) is 2.25. The van der Waals surface area contributed by atoms with E-state index in [4.69, 9.17) is 27.9 Å². The molecule has 0 saturated carbocycles. The number of halogens is 2. The first-order valence-electron chi connectivity index (χ1n) is 13.3. The summed E-state index contributed by atoms with van der Waals surface area (Å²) in [4.78, 5) is 43.7. The van der Waals surface area contributed by atoms with Gasteiger partial charge >= 0.3 is 11.8 Å². The van der Waals surface area contributed by atoms with E-state index < -0.39 is 11.3 Å². The zero-order chi connectivity index (χ0) is 28.6. The minimum Gasteiger partial charge on any atom is -0.444 e. The number of ether oxygens (including phenoxy) is 1. The molecule has 0 aromatic carbocycles. The molecule has 4 heterocycles. The van der Waals surface area contributed by atoms with Crippen LogP contribution in [0.4, 0.5) is 10.6 Å². The number of hydrogen-bond acceptors (Lipinski definition) is 7. The van der Waals surface area contributed by atoms with Crippen LogP contribution in [0.25, 0.3) is 11.0 Å². The van der Waals surface area contributed by atoms with E-state index in [-0.39, 0.29) is 34.8 Å². The van der Waals surface area contributed by atoms with E-state index in [2.05, 4.69) is 35.7 Å². The summed E-state index contributed by atoms with van der Waals surface area (Å²) in [6.45, 7) is 15.3. The van der Waals surface area contributed by atoms with Gasteiger partial charge in [0.2, 0.25) is 0 Å². The van der Waals surface area contributed by atoms with Crippen molar-refractivity contribution >= 4 is 46.1 Å². The summed E-state index contributed by atoms with van der Waals surface area (Å²) < 4.78 is 7.10. The lowest BCUT2D eigenvalue weighted by Gasteiger charge is -2.41. The average Bonchev–Trinajstić information content (AvgIpc) is 2.85. The van der Waals surface area contributed by atoms with Crippen LogP contribution in [0.15, 0.2) is 23.1 Å². The van der Waals surface area contributed by atoms with Crippen molar-refractivity contribution in [1.82, 2.24) is 24.4 Å². The molecular weight excluding hydrogens is 539 g/mol. The summed E-state index contributed by atoms with van der Waals surface area (Å²) >= 11 is 12.8. The standard InChI is InChI=1S/C28H36Cl2N6O3/c1-8-18-9-10-31-22(16(2)3)20(18)15-36-24-19(13-21(29)23(30)32-24)25(33-26(36)37)35-12-11-34(14-17(35)4)27(38)39-28(5,6)7/h9-10,13,16-17H,8,11-12,14-15H2,1-7H3/t17-/m0/s1. The Hall–Kier alpha value is -2.91. The molecule has 0 bridgehead atoms. The van der Waals surface area contributed by atoms with Crippen molar-refractivity contribution in [3.63, 3.8) is 0 Å². The molecule has 3 aromatic rings. The van der Waals surface area contributed by atoms with Gasteiger partial charge in [-0.3, -0.25) is 9.55 Å². The maximum absolute atomic E-state index is 13.6. The topological polar surface area (TPSA) is 93.5 Å². The van der Waals surface area contributed by atoms with Gasteiger partial charge in [0.1, 0.15) is 22.2 Å². The van der Waals surface area contributed by atoms with Crippen molar-refractivity contribution in [2.45, 2.75) is 79.0 Å². The first kappa shape index (κ1) is 29.1. The van der Waals surface area contributed by atoms with E-state index in [1.807, 2.05) is 44.9 Å². The number of carbonyl (C=O) groups excluding carboxylic acids is 1. The van der Waals surface area contributed by atoms with Crippen LogP contribution in [0.2, 0.25) is 10.2 Å². The molecule has 4 rings (SSSR count). The SMILES string of the molecule is CCc1ccnc(C(C)C)c1Cn1c(=O)nc(N2CCN(C(=O)OC(C)(C)C)C[C@@H]2C)c2cc(Cl)c(Cl)nc21. The predicted molar refractivity (Wildman–Crippen MR) is 155 cm³/mol. The third-order valence-electron chi connectivity index (χ3n) is 6.82. The summed E-state index contributed by atoms with van der Waals surface area (Å²) in [5.74, 6) is 0.647. The van der Waals surface area contributed by atoms with Gasteiger partial charge in [0.25, 0.3) is 0 Å². The van der Waals surface area contributed by atoms with Gasteiger partial charge in [-0.25, -0.2) is 14.6 Å². The van der Waals surface area contributed by atoms with E-state index in [1.165, 1.54) is 0 Å². The first-order chi connectivity index (χ1) is 18.3. The molecule has 1 aliphatic heterocycles. The summed E-state index contributed by atoms with van der Waals surface area (Å²) in [5.41, 5.74) is 2.42. The summed E-state index contributed by atoms with van der Waals surface area (Å²) in [6, 6.07) is 3.56. The third-order valence-corrected chi connectivity index (χ3v) is 7.50. The fourth-order valence-corrected chi connectivity index (χ4v) is 5.26. The lowest BCUT2D eigenvalue weighted by atomic mass is 9.97. The molecule has 0 spiro atoms. The molecule has 1 amide bonds.